The smallest absolute Gasteiger partial charge is 0.147 e. The molecule has 2 rings (SSSR count). The molecule has 0 aromatic heterocycles. The Morgan fingerprint density at radius 1 is 1.05 bits per heavy atom. The van der Waals surface area contributed by atoms with Gasteiger partial charge in [0.25, 0.3) is 0 Å². The summed E-state index contributed by atoms with van der Waals surface area (Å²) in [5.74, 6) is 0. The van der Waals surface area contributed by atoms with E-state index in [1.54, 1.807) is 7.76 Å². The second-order valence-corrected chi connectivity index (χ2v) is 18.0. The summed E-state index contributed by atoms with van der Waals surface area (Å²) >= 11 is -3.06. The maximum Gasteiger partial charge on any atom is -0.147 e. The first kappa shape index (κ1) is 22.2. The van der Waals surface area contributed by atoms with Crippen LogP contribution in [0.2, 0.25) is 10.5 Å². The van der Waals surface area contributed by atoms with Crippen molar-refractivity contribution in [2.75, 3.05) is 0 Å². The number of halogens is 2. The van der Waals surface area contributed by atoms with E-state index in [2.05, 4.69) is 73.2 Å². The zero-order valence-corrected chi connectivity index (χ0v) is 18.2. The van der Waals surface area contributed by atoms with Crippen molar-refractivity contribution in [1.29, 1.82) is 0 Å². The van der Waals surface area contributed by atoms with Crippen LogP contribution in [0.4, 0.5) is 0 Å². The molecule has 1 nitrogen and oxygen atoms in total. The van der Waals surface area contributed by atoms with Gasteiger partial charge >= 0.3 is 126 Å². The first-order valence-corrected chi connectivity index (χ1v) is 13.2. The molecule has 0 atom stereocenters. The fourth-order valence-electron chi connectivity index (χ4n) is 4.15. The van der Waals surface area contributed by atoms with Crippen LogP contribution >= 0.6 is 24.8 Å². The number of nitrogens with one attached hydrogen (secondary N) is 1. The van der Waals surface area contributed by atoms with Gasteiger partial charge in [0.1, 0.15) is 0 Å². The zero-order valence-electron chi connectivity index (χ0n) is 15.0. The Kier molecular flexibility index (Phi) is 7.06. The molecule has 0 saturated carbocycles. The van der Waals surface area contributed by atoms with Crippen molar-refractivity contribution in [2.24, 2.45) is 0 Å². The van der Waals surface area contributed by atoms with Crippen LogP contribution < -0.4 is 3.80 Å². The van der Waals surface area contributed by atoms with E-state index < -0.39 is 15.6 Å². The van der Waals surface area contributed by atoms with E-state index in [1.165, 1.54) is 11.1 Å². The quantitative estimate of drug-likeness (QED) is 0.559. The van der Waals surface area contributed by atoms with Crippen molar-refractivity contribution in [3.05, 3.63) is 43.2 Å². The van der Waals surface area contributed by atoms with Gasteiger partial charge in [-0.2, -0.15) is 0 Å². The van der Waals surface area contributed by atoms with Crippen LogP contribution in [0.3, 0.4) is 0 Å². The molecule has 4 heteroatoms. The van der Waals surface area contributed by atoms with E-state index in [0.717, 1.165) is 12.8 Å². The van der Waals surface area contributed by atoms with E-state index in [-0.39, 0.29) is 30.4 Å². The van der Waals surface area contributed by atoms with Crippen LogP contribution in [0.1, 0.15) is 47.5 Å². The molecule has 1 N–H and O–H groups in total. The van der Waals surface area contributed by atoms with Crippen molar-refractivity contribution in [2.45, 2.75) is 63.5 Å². The molecule has 0 fully saturated rings. The monoisotopic (exact) mass is 380 g/mol. The van der Waals surface area contributed by atoms with Gasteiger partial charge in [-0.1, -0.05) is 0 Å². The fourth-order valence-corrected chi connectivity index (χ4v) is 14.0. The molecule has 0 aliphatic heterocycles. The minimum absolute atomic E-state index is 0. The predicted molar refractivity (Wildman–Crippen MR) is 102 cm³/mol. The second-order valence-electron chi connectivity index (χ2n) is 8.27. The van der Waals surface area contributed by atoms with Gasteiger partial charge in [0.05, 0.1) is 0 Å². The van der Waals surface area contributed by atoms with Crippen molar-refractivity contribution >= 4 is 24.8 Å². The minimum atomic E-state index is -3.06. The van der Waals surface area contributed by atoms with Gasteiger partial charge in [-0.05, 0) is 0 Å². The van der Waals surface area contributed by atoms with Crippen molar-refractivity contribution in [3.8, 4) is 0 Å². The van der Waals surface area contributed by atoms with Crippen molar-refractivity contribution in [3.63, 3.8) is 0 Å². The summed E-state index contributed by atoms with van der Waals surface area (Å²) in [5, 5.41) is 5.12. The third-order valence-electron chi connectivity index (χ3n) is 5.05. The molecule has 0 saturated heterocycles. The van der Waals surface area contributed by atoms with Gasteiger partial charge in [-0.3, -0.25) is 0 Å². The minimum Gasteiger partial charge on any atom is -0.147 e. The fraction of sp³-hybridized carbons (Fsp3) is 0.556. The summed E-state index contributed by atoms with van der Waals surface area (Å²) in [5.41, 5.74) is 3.16. The van der Waals surface area contributed by atoms with Gasteiger partial charge in [0, 0.05) is 0 Å². The Labute approximate surface area is 150 Å². The van der Waals surface area contributed by atoms with Gasteiger partial charge in [-0.25, -0.2) is 0 Å². The van der Waals surface area contributed by atoms with Crippen LogP contribution in [-0.4, -0.2) is 5.54 Å². The molecular weight excluding hydrogens is 349 g/mol. The van der Waals surface area contributed by atoms with Crippen molar-refractivity contribution < 1.29 is 15.6 Å². The Balaban J connectivity index is 0.00000220. The first-order valence-electron chi connectivity index (χ1n) is 7.77. The van der Waals surface area contributed by atoms with Crippen LogP contribution in [0, 0.1) is 0 Å². The number of rotatable bonds is 3. The largest absolute Gasteiger partial charge is 0.147 e. The zero-order chi connectivity index (χ0) is 15.2. The Morgan fingerprint density at radius 3 is 2.00 bits per heavy atom. The molecule has 0 heterocycles. The van der Waals surface area contributed by atoms with E-state index in [1.807, 2.05) is 0 Å². The Hall–Kier alpha value is 0.214. The second kappa shape index (κ2) is 6.99. The molecule has 0 spiro atoms. The molecular formula is C18H32Cl2NTi. The normalized spacial score (nSPS) is 19.9. The Morgan fingerprint density at radius 2 is 1.64 bits per heavy atom. The molecule has 0 bridgehead atoms. The Bertz CT molecular complexity index is 560. The van der Waals surface area contributed by atoms with E-state index in [9.17, 15) is 0 Å². The molecule has 22 heavy (non-hydrogen) atoms. The maximum atomic E-state index is 4.14. The average Bonchev–Trinajstić information content (AvgIpc) is 2.87. The van der Waals surface area contributed by atoms with Gasteiger partial charge in [0.2, 0.25) is 0 Å². The van der Waals surface area contributed by atoms with Gasteiger partial charge in [0.15, 0.2) is 0 Å². The van der Waals surface area contributed by atoms with E-state index >= 15 is 0 Å². The summed E-state index contributed by atoms with van der Waals surface area (Å²) in [6, 6.07) is 0. The topological polar surface area (TPSA) is 12.0 Å². The summed E-state index contributed by atoms with van der Waals surface area (Å²) in [6.07, 6.45) is 11.6. The van der Waals surface area contributed by atoms with Gasteiger partial charge < -0.3 is 0 Å². The van der Waals surface area contributed by atoms with Crippen LogP contribution in [0.5, 0.6) is 0 Å². The third-order valence-corrected chi connectivity index (χ3v) is 14.7. The predicted octanol–water partition coefficient (Wildman–Crippen LogP) is 6.39. The molecule has 0 aromatic carbocycles. The van der Waals surface area contributed by atoms with E-state index in [0.29, 0.717) is 0 Å². The summed E-state index contributed by atoms with van der Waals surface area (Å²) in [7, 11) is 0. The van der Waals surface area contributed by atoms with Crippen LogP contribution in [-0.2, 0) is 15.6 Å². The van der Waals surface area contributed by atoms with Crippen LogP contribution in [0.25, 0.3) is 0 Å². The summed E-state index contributed by atoms with van der Waals surface area (Å²) < 4.78 is 7.51. The summed E-state index contributed by atoms with van der Waals surface area (Å²) in [6.45, 7) is 11.5. The standard InChI is InChI=1S/C7H9.C5H5.C4H10N.2CH3.2ClH.Ti/c1-6-4-3-5-7(6)2;1-2-4-5-3-1;1-4(2,3)5;;;;;/h4H,3H2,1-2H3;1-3H,4H2;5H,1-3H3;2*1H3;2*1H;/q;;-1;;;;;+1. The van der Waals surface area contributed by atoms with E-state index in [4.69, 9.17) is 0 Å². The maximum absolute atomic E-state index is 4.14. The molecule has 2 aliphatic rings. The number of allylic oxidation sites excluding steroid dienone is 8. The SMILES string of the molecule is CC1=CC[C]([Ti]([CH3])([CH3])([NH]C(C)(C)C)[C]2=CC=CC2)=C1C.Cl.Cl. The number of hydrogen-bond acceptors (Lipinski definition) is 1. The van der Waals surface area contributed by atoms with Crippen molar-refractivity contribution in [1.82, 2.24) is 3.80 Å². The molecule has 0 radical (unpaired) electrons. The average molecular weight is 381 g/mol. The third kappa shape index (κ3) is 4.00. The molecule has 127 valence electrons. The first-order chi connectivity index (χ1) is 9.03. The summed E-state index contributed by atoms with van der Waals surface area (Å²) in [4.78, 5) is 0. The van der Waals surface area contributed by atoms with Gasteiger partial charge in [-0.15, -0.1) is 24.8 Å². The van der Waals surface area contributed by atoms with Crippen LogP contribution in [0.15, 0.2) is 43.2 Å². The molecule has 0 aromatic rings. The molecule has 0 amide bonds. The molecule has 0 unspecified atom stereocenters. The molecule has 2 aliphatic carbocycles. The number of hydrogen-bond donors (Lipinski definition) is 1.